The quantitative estimate of drug-likeness (QED) is 0.723. The SMILES string of the molecule is CC1CN(S(=O)(=O)c2cccc(C(=O)N(C)C(C)c3ccc(F)cc3)c2)CC(C)O1. The number of morpholine rings is 1. The van der Waals surface area contributed by atoms with Gasteiger partial charge in [0.2, 0.25) is 10.0 Å². The summed E-state index contributed by atoms with van der Waals surface area (Å²) in [7, 11) is -2.10. The molecule has 3 unspecified atom stereocenters. The summed E-state index contributed by atoms with van der Waals surface area (Å²) in [6.07, 6.45) is -0.396. The van der Waals surface area contributed by atoms with E-state index < -0.39 is 10.0 Å². The summed E-state index contributed by atoms with van der Waals surface area (Å²) < 4.78 is 46.5. The molecule has 0 aromatic heterocycles. The van der Waals surface area contributed by atoms with Gasteiger partial charge in [0, 0.05) is 25.7 Å². The third-order valence-electron chi connectivity index (χ3n) is 5.36. The summed E-state index contributed by atoms with van der Waals surface area (Å²) in [5.41, 5.74) is 1.06. The lowest BCUT2D eigenvalue weighted by atomic mass is 10.1. The van der Waals surface area contributed by atoms with Crippen molar-refractivity contribution in [3.8, 4) is 0 Å². The Morgan fingerprint density at radius 2 is 1.73 bits per heavy atom. The van der Waals surface area contributed by atoms with Crippen molar-refractivity contribution in [3.63, 3.8) is 0 Å². The Kier molecular flexibility index (Phi) is 6.59. The van der Waals surface area contributed by atoms with Crippen molar-refractivity contribution >= 4 is 15.9 Å². The summed E-state index contributed by atoms with van der Waals surface area (Å²) in [6, 6.07) is 11.7. The molecule has 1 aliphatic heterocycles. The van der Waals surface area contributed by atoms with E-state index >= 15 is 0 Å². The van der Waals surface area contributed by atoms with Gasteiger partial charge >= 0.3 is 0 Å². The Bertz CT molecular complexity index is 1000. The minimum Gasteiger partial charge on any atom is -0.373 e. The maximum absolute atomic E-state index is 13.2. The molecule has 1 aliphatic rings. The minimum atomic E-state index is -3.75. The third-order valence-corrected chi connectivity index (χ3v) is 7.19. The molecule has 3 atom stereocenters. The molecule has 1 heterocycles. The monoisotopic (exact) mass is 434 g/mol. The maximum Gasteiger partial charge on any atom is 0.254 e. The summed E-state index contributed by atoms with van der Waals surface area (Å²) in [4.78, 5) is 14.6. The standard InChI is InChI=1S/C22H27FN2O4S/c1-15-13-25(14-16(2)29-15)30(27,28)21-7-5-6-19(12-21)22(26)24(4)17(3)18-8-10-20(23)11-9-18/h5-12,15-17H,13-14H2,1-4H3. The van der Waals surface area contributed by atoms with E-state index in [4.69, 9.17) is 4.74 Å². The van der Waals surface area contributed by atoms with Crippen LogP contribution in [0, 0.1) is 5.82 Å². The number of amides is 1. The molecule has 3 rings (SSSR count). The molecular weight excluding hydrogens is 407 g/mol. The molecule has 0 saturated carbocycles. The zero-order chi connectivity index (χ0) is 22.1. The third kappa shape index (κ3) is 4.71. The van der Waals surface area contributed by atoms with Gasteiger partial charge in [-0.3, -0.25) is 4.79 Å². The van der Waals surface area contributed by atoms with Crippen LogP contribution in [-0.2, 0) is 14.8 Å². The van der Waals surface area contributed by atoms with E-state index in [0.717, 1.165) is 5.56 Å². The van der Waals surface area contributed by atoms with Gasteiger partial charge in [-0.15, -0.1) is 0 Å². The number of hydrogen-bond acceptors (Lipinski definition) is 4. The highest BCUT2D eigenvalue weighted by Crippen LogP contribution is 2.24. The summed E-state index contributed by atoms with van der Waals surface area (Å²) in [5.74, 6) is -0.655. The Balaban J connectivity index is 1.83. The molecule has 0 spiro atoms. The number of sulfonamides is 1. The first-order chi connectivity index (χ1) is 14.1. The van der Waals surface area contributed by atoms with Crippen LogP contribution in [-0.4, -0.2) is 55.9 Å². The van der Waals surface area contributed by atoms with Gasteiger partial charge in [0.15, 0.2) is 0 Å². The van der Waals surface area contributed by atoms with Crippen molar-refractivity contribution < 1.29 is 22.3 Å². The molecular formula is C22H27FN2O4S. The van der Waals surface area contributed by atoms with Gasteiger partial charge < -0.3 is 9.64 Å². The van der Waals surface area contributed by atoms with E-state index in [1.807, 2.05) is 20.8 Å². The normalized spacial score (nSPS) is 21.2. The molecule has 0 bridgehead atoms. The van der Waals surface area contributed by atoms with Gasteiger partial charge in [-0.1, -0.05) is 18.2 Å². The number of hydrogen-bond donors (Lipinski definition) is 0. The van der Waals surface area contributed by atoms with Crippen molar-refractivity contribution in [2.45, 2.75) is 43.9 Å². The Labute approximate surface area is 177 Å². The Morgan fingerprint density at radius 3 is 2.33 bits per heavy atom. The molecule has 1 amide bonds. The highest BCUT2D eigenvalue weighted by molar-refractivity contribution is 7.89. The Morgan fingerprint density at radius 1 is 1.13 bits per heavy atom. The first kappa shape index (κ1) is 22.4. The smallest absolute Gasteiger partial charge is 0.254 e. The molecule has 1 fully saturated rings. The number of ether oxygens (including phenoxy) is 1. The second-order valence-electron chi connectivity index (χ2n) is 7.75. The van der Waals surface area contributed by atoms with Crippen LogP contribution in [0.15, 0.2) is 53.4 Å². The Hall–Kier alpha value is -2.29. The summed E-state index contributed by atoms with van der Waals surface area (Å²) in [6.45, 7) is 6.05. The van der Waals surface area contributed by atoms with Crippen molar-refractivity contribution in [1.82, 2.24) is 9.21 Å². The first-order valence-corrected chi connectivity index (χ1v) is 11.3. The number of rotatable bonds is 5. The number of carbonyl (C=O) groups is 1. The maximum atomic E-state index is 13.2. The van der Waals surface area contributed by atoms with Gasteiger partial charge in [-0.25, -0.2) is 12.8 Å². The van der Waals surface area contributed by atoms with Crippen molar-refractivity contribution in [2.75, 3.05) is 20.1 Å². The van der Waals surface area contributed by atoms with E-state index in [-0.39, 0.29) is 53.5 Å². The molecule has 2 aromatic carbocycles. The lowest BCUT2D eigenvalue weighted by Gasteiger charge is -2.34. The van der Waals surface area contributed by atoms with Gasteiger partial charge in [0.05, 0.1) is 23.1 Å². The molecule has 6 nitrogen and oxygen atoms in total. The van der Waals surface area contributed by atoms with E-state index in [0.29, 0.717) is 0 Å². The van der Waals surface area contributed by atoms with Gasteiger partial charge in [-0.05, 0) is 56.7 Å². The second-order valence-corrected chi connectivity index (χ2v) is 9.69. The van der Waals surface area contributed by atoms with Crippen LogP contribution in [0.4, 0.5) is 4.39 Å². The minimum absolute atomic E-state index is 0.0810. The van der Waals surface area contributed by atoms with Crippen LogP contribution in [0.2, 0.25) is 0 Å². The number of carbonyl (C=O) groups excluding carboxylic acids is 1. The highest BCUT2D eigenvalue weighted by Gasteiger charge is 2.32. The molecule has 162 valence electrons. The van der Waals surface area contributed by atoms with Gasteiger partial charge in [0.1, 0.15) is 5.82 Å². The summed E-state index contributed by atoms with van der Waals surface area (Å²) >= 11 is 0. The van der Waals surface area contributed by atoms with Crippen LogP contribution in [0.25, 0.3) is 0 Å². The van der Waals surface area contributed by atoms with Gasteiger partial charge in [0.25, 0.3) is 5.91 Å². The fourth-order valence-corrected chi connectivity index (χ4v) is 5.25. The van der Waals surface area contributed by atoms with E-state index in [2.05, 4.69) is 0 Å². The fraction of sp³-hybridized carbons (Fsp3) is 0.409. The average Bonchev–Trinajstić information content (AvgIpc) is 2.72. The molecule has 0 N–H and O–H groups in total. The fourth-order valence-electron chi connectivity index (χ4n) is 3.61. The molecule has 1 saturated heterocycles. The molecule has 2 aromatic rings. The molecule has 0 aliphatic carbocycles. The van der Waals surface area contributed by atoms with E-state index in [1.54, 1.807) is 31.3 Å². The second kappa shape index (κ2) is 8.83. The lowest BCUT2D eigenvalue weighted by molar-refractivity contribution is -0.0440. The zero-order valence-corrected chi connectivity index (χ0v) is 18.4. The van der Waals surface area contributed by atoms with Crippen LogP contribution >= 0.6 is 0 Å². The number of nitrogens with zero attached hydrogens (tertiary/aromatic N) is 2. The van der Waals surface area contributed by atoms with E-state index in [9.17, 15) is 17.6 Å². The predicted molar refractivity (Wildman–Crippen MR) is 112 cm³/mol. The number of halogens is 1. The topological polar surface area (TPSA) is 66.9 Å². The molecule has 0 radical (unpaired) electrons. The lowest BCUT2D eigenvalue weighted by Crippen LogP contribution is -2.48. The molecule has 30 heavy (non-hydrogen) atoms. The van der Waals surface area contributed by atoms with Crippen LogP contribution < -0.4 is 0 Å². The van der Waals surface area contributed by atoms with Crippen molar-refractivity contribution in [2.24, 2.45) is 0 Å². The van der Waals surface area contributed by atoms with E-state index in [1.165, 1.54) is 33.5 Å². The highest BCUT2D eigenvalue weighted by atomic mass is 32.2. The predicted octanol–water partition coefficient (Wildman–Crippen LogP) is 3.46. The summed E-state index contributed by atoms with van der Waals surface area (Å²) in [5, 5.41) is 0. The zero-order valence-electron chi connectivity index (χ0n) is 17.6. The largest absolute Gasteiger partial charge is 0.373 e. The number of benzene rings is 2. The first-order valence-electron chi connectivity index (χ1n) is 9.88. The van der Waals surface area contributed by atoms with Crippen LogP contribution in [0.1, 0.15) is 42.7 Å². The van der Waals surface area contributed by atoms with Crippen molar-refractivity contribution in [1.29, 1.82) is 0 Å². The molecule has 8 heteroatoms. The van der Waals surface area contributed by atoms with Crippen LogP contribution in [0.5, 0.6) is 0 Å². The van der Waals surface area contributed by atoms with Crippen LogP contribution in [0.3, 0.4) is 0 Å². The van der Waals surface area contributed by atoms with Gasteiger partial charge in [-0.2, -0.15) is 4.31 Å². The average molecular weight is 435 g/mol. The van der Waals surface area contributed by atoms with Crippen molar-refractivity contribution in [3.05, 3.63) is 65.5 Å².